The summed E-state index contributed by atoms with van der Waals surface area (Å²) in [6, 6.07) is 22.6. The number of nitrogens with one attached hydrogen (secondary N) is 3. The second kappa shape index (κ2) is 9.64. The number of aromatic nitrogens is 1. The second-order valence-corrected chi connectivity index (χ2v) is 8.75. The third-order valence-corrected chi connectivity index (χ3v) is 6.12. The number of anilines is 1. The minimum absolute atomic E-state index is 0.217. The van der Waals surface area contributed by atoms with Crippen LogP contribution in [-0.2, 0) is 11.3 Å². The average molecular weight is 486 g/mol. The number of benzene rings is 3. The molecule has 1 amide bonds. The maximum Gasteiger partial charge on any atom is 0.302 e. The van der Waals surface area contributed by atoms with Crippen molar-refractivity contribution < 1.29 is 9.21 Å². The fourth-order valence-electron chi connectivity index (χ4n) is 3.97. The van der Waals surface area contributed by atoms with Crippen LogP contribution in [0.4, 0.5) is 6.01 Å². The number of amides is 1. The van der Waals surface area contributed by atoms with Gasteiger partial charge in [-0.1, -0.05) is 71.8 Å². The molecular formula is C27H24ClN5O2. The minimum Gasteiger partial charge on any atom is -0.423 e. The predicted molar refractivity (Wildman–Crippen MR) is 138 cm³/mol. The number of guanidine groups is 1. The molecule has 4 aromatic rings. The predicted octanol–water partition coefficient (Wildman–Crippen LogP) is 5.49. The molecule has 0 radical (unpaired) electrons. The van der Waals surface area contributed by atoms with Crippen molar-refractivity contribution in [2.75, 3.05) is 5.32 Å². The average Bonchev–Trinajstić information content (AvgIpc) is 3.26. The van der Waals surface area contributed by atoms with Crippen LogP contribution in [0.25, 0.3) is 11.1 Å². The Bertz CT molecular complexity index is 1420. The Hall–Kier alpha value is -4.10. The number of oxazole rings is 1. The minimum atomic E-state index is -0.616. The Morgan fingerprint density at radius 3 is 2.54 bits per heavy atom. The van der Waals surface area contributed by atoms with Gasteiger partial charge in [-0.05, 0) is 37.6 Å². The number of hydrogen-bond donors (Lipinski definition) is 3. The summed E-state index contributed by atoms with van der Waals surface area (Å²) in [4.78, 5) is 22.6. The quantitative estimate of drug-likeness (QED) is 0.347. The third kappa shape index (κ3) is 4.90. The molecule has 0 aliphatic carbocycles. The number of carbonyl (C=O) groups excluding carboxylic acids is 1. The number of aryl methyl sites for hydroxylation is 1. The number of rotatable bonds is 5. The molecule has 3 N–H and O–H groups in total. The molecule has 0 saturated heterocycles. The van der Waals surface area contributed by atoms with Gasteiger partial charge in [-0.2, -0.15) is 4.98 Å². The first-order chi connectivity index (χ1) is 17.0. The van der Waals surface area contributed by atoms with E-state index in [2.05, 4.69) is 20.9 Å². The Balaban J connectivity index is 1.43. The number of halogens is 1. The molecule has 2 heterocycles. The highest BCUT2D eigenvalue weighted by molar-refractivity contribution is 6.31. The van der Waals surface area contributed by atoms with Gasteiger partial charge in [0.05, 0.1) is 5.57 Å². The standard InChI is InChI=1S/C27H24ClN5O2/c1-16-11-13-18(14-12-16)15-29-25(34)23-17(2)30-26(32-24(23)19-7-3-4-8-20(19)28)33-27-31-21-9-5-6-10-22(21)35-27/h3-14,24H,15H2,1-2H3,(H,29,34)(H2,30,31,32,33). The maximum absolute atomic E-state index is 13.4. The number of allylic oxidation sites excluding steroid dienone is 1. The van der Waals surface area contributed by atoms with Gasteiger partial charge in [-0.3, -0.25) is 10.1 Å². The summed E-state index contributed by atoms with van der Waals surface area (Å²) in [5.41, 5.74) is 5.46. The van der Waals surface area contributed by atoms with E-state index in [1.54, 1.807) is 6.07 Å². The van der Waals surface area contributed by atoms with Crippen LogP contribution in [0.3, 0.4) is 0 Å². The van der Waals surface area contributed by atoms with Gasteiger partial charge in [0.2, 0.25) is 5.96 Å². The van der Waals surface area contributed by atoms with Crippen LogP contribution < -0.4 is 16.0 Å². The van der Waals surface area contributed by atoms with Crippen LogP contribution in [0.1, 0.15) is 29.7 Å². The van der Waals surface area contributed by atoms with E-state index in [-0.39, 0.29) is 5.91 Å². The highest BCUT2D eigenvalue weighted by atomic mass is 35.5. The summed E-state index contributed by atoms with van der Waals surface area (Å²) in [6.45, 7) is 4.28. The second-order valence-electron chi connectivity index (χ2n) is 8.35. The largest absolute Gasteiger partial charge is 0.423 e. The van der Waals surface area contributed by atoms with E-state index in [4.69, 9.17) is 21.0 Å². The summed E-state index contributed by atoms with van der Waals surface area (Å²) < 4.78 is 5.78. The molecule has 176 valence electrons. The number of nitrogens with zero attached hydrogens (tertiary/aromatic N) is 2. The van der Waals surface area contributed by atoms with Gasteiger partial charge < -0.3 is 15.1 Å². The highest BCUT2D eigenvalue weighted by Crippen LogP contribution is 2.35. The normalized spacial score (nSPS) is 15.5. The maximum atomic E-state index is 13.4. The lowest BCUT2D eigenvalue weighted by molar-refractivity contribution is -0.118. The van der Waals surface area contributed by atoms with Crippen molar-refractivity contribution in [1.82, 2.24) is 15.6 Å². The smallest absolute Gasteiger partial charge is 0.302 e. The van der Waals surface area contributed by atoms with Crippen molar-refractivity contribution in [3.8, 4) is 0 Å². The number of fused-ring (bicyclic) bond motifs is 1. The molecule has 1 unspecified atom stereocenters. The van der Waals surface area contributed by atoms with Gasteiger partial charge in [-0.15, -0.1) is 0 Å². The molecule has 0 bridgehead atoms. The Kier molecular flexibility index (Phi) is 6.25. The van der Waals surface area contributed by atoms with E-state index in [9.17, 15) is 4.79 Å². The summed E-state index contributed by atoms with van der Waals surface area (Å²) in [6.07, 6.45) is 0. The van der Waals surface area contributed by atoms with Crippen LogP contribution in [0.5, 0.6) is 0 Å². The summed E-state index contributed by atoms with van der Waals surface area (Å²) in [5.74, 6) is 0.194. The zero-order valence-corrected chi connectivity index (χ0v) is 20.1. The first-order valence-electron chi connectivity index (χ1n) is 11.2. The number of para-hydroxylation sites is 2. The molecule has 5 rings (SSSR count). The lowest BCUT2D eigenvalue weighted by atomic mass is 9.95. The number of carbonyl (C=O) groups is 1. The molecule has 1 atom stereocenters. The van der Waals surface area contributed by atoms with Crippen molar-refractivity contribution in [2.45, 2.75) is 26.4 Å². The SMILES string of the molecule is CC1=C(C(=O)NCc2ccc(C)cc2)C(c2ccccc2Cl)N=C(Nc2nc3ccccc3o2)N1. The zero-order valence-electron chi connectivity index (χ0n) is 19.3. The van der Waals surface area contributed by atoms with Crippen molar-refractivity contribution in [3.63, 3.8) is 0 Å². The molecule has 0 saturated carbocycles. The molecule has 35 heavy (non-hydrogen) atoms. The van der Waals surface area contributed by atoms with Gasteiger partial charge in [0.15, 0.2) is 5.58 Å². The van der Waals surface area contributed by atoms with E-state index < -0.39 is 6.04 Å². The Labute approximate surface area is 207 Å². The van der Waals surface area contributed by atoms with Crippen molar-refractivity contribution >= 4 is 40.6 Å². The van der Waals surface area contributed by atoms with E-state index in [0.717, 1.165) is 16.6 Å². The molecule has 8 heteroatoms. The van der Waals surface area contributed by atoms with Crippen molar-refractivity contribution in [3.05, 3.63) is 106 Å². The molecule has 1 aliphatic heterocycles. The van der Waals surface area contributed by atoms with E-state index in [0.29, 0.717) is 40.4 Å². The fourth-order valence-corrected chi connectivity index (χ4v) is 4.21. The van der Waals surface area contributed by atoms with Crippen LogP contribution >= 0.6 is 11.6 Å². The molecule has 1 aromatic heterocycles. The lowest BCUT2D eigenvalue weighted by Crippen LogP contribution is -2.39. The van der Waals surface area contributed by atoms with Crippen molar-refractivity contribution in [1.29, 1.82) is 0 Å². The van der Waals surface area contributed by atoms with Gasteiger partial charge in [-0.25, -0.2) is 4.99 Å². The monoisotopic (exact) mass is 485 g/mol. The molecular weight excluding hydrogens is 462 g/mol. The fraction of sp³-hybridized carbons (Fsp3) is 0.148. The third-order valence-electron chi connectivity index (χ3n) is 5.78. The number of hydrogen-bond acceptors (Lipinski definition) is 6. The van der Waals surface area contributed by atoms with Crippen LogP contribution in [0.15, 0.2) is 93.5 Å². The first kappa shape index (κ1) is 22.7. The van der Waals surface area contributed by atoms with E-state index in [1.807, 2.05) is 80.6 Å². The molecule has 0 fully saturated rings. The van der Waals surface area contributed by atoms with Crippen LogP contribution in [0.2, 0.25) is 5.02 Å². The van der Waals surface area contributed by atoms with E-state index >= 15 is 0 Å². The van der Waals surface area contributed by atoms with Gasteiger partial charge >= 0.3 is 6.01 Å². The van der Waals surface area contributed by atoms with Gasteiger partial charge in [0.1, 0.15) is 11.6 Å². The Morgan fingerprint density at radius 1 is 1.03 bits per heavy atom. The van der Waals surface area contributed by atoms with Crippen LogP contribution in [0, 0.1) is 6.92 Å². The first-order valence-corrected chi connectivity index (χ1v) is 11.6. The zero-order chi connectivity index (χ0) is 24.4. The highest BCUT2D eigenvalue weighted by Gasteiger charge is 2.31. The van der Waals surface area contributed by atoms with Crippen molar-refractivity contribution in [2.24, 2.45) is 4.99 Å². The summed E-state index contributed by atoms with van der Waals surface area (Å²) in [5, 5.41) is 9.82. The lowest BCUT2D eigenvalue weighted by Gasteiger charge is -2.27. The molecule has 7 nitrogen and oxygen atoms in total. The molecule has 3 aromatic carbocycles. The van der Waals surface area contributed by atoms with E-state index in [1.165, 1.54) is 5.56 Å². The molecule has 1 aliphatic rings. The van der Waals surface area contributed by atoms with Crippen LogP contribution in [-0.4, -0.2) is 16.9 Å². The Morgan fingerprint density at radius 2 is 1.77 bits per heavy atom. The van der Waals surface area contributed by atoms with Gasteiger partial charge in [0, 0.05) is 22.8 Å². The van der Waals surface area contributed by atoms with Gasteiger partial charge in [0.25, 0.3) is 5.91 Å². The summed E-state index contributed by atoms with van der Waals surface area (Å²) in [7, 11) is 0. The summed E-state index contributed by atoms with van der Waals surface area (Å²) >= 11 is 6.53. The topological polar surface area (TPSA) is 91.5 Å². The molecule has 0 spiro atoms. The number of aliphatic imine (C=N–C) groups is 1.